The number of carbonyl (C=O) groups is 1. The van der Waals surface area contributed by atoms with Crippen molar-refractivity contribution in [1.82, 2.24) is 15.5 Å². The van der Waals surface area contributed by atoms with Gasteiger partial charge in [-0.1, -0.05) is 34.7 Å². The summed E-state index contributed by atoms with van der Waals surface area (Å²) in [4.78, 5) is 20.0. The standard InChI is InChI=1S/C33H33F3N4O3S/c1-42-31(41)19-12-24(17-6-7-17)29-27(13-19)44-32(38-29)40-21-10-11-22(40)15-20(14-21)37-16-25-28(39-43-30(25)18-8-9-18)23-4-2-3-5-26(23)33(34,35)36/h2-5,12-13,17-18,20-22,37H,6-11,14-16H2,1H3. The number of fused-ring (bicyclic) bond motifs is 3. The minimum atomic E-state index is -4.48. The second-order valence-electron chi connectivity index (χ2n) is 12.7. The molecule has 1 N–H and O–H groups in total. The maximum atomic E-state index is 13.9. The van der Waals surface area contributed by atoms with E-state index in [1.807, 2.05) is 12.1 Å². The molecule has 44 heavy (non-hydrogen) atoms. The van der Waals surface area contributed by atoms with E-state index in [-0.39, 0.29) is 23.5 Å². The highest BCUT2D eigenvalue weighted by molar-refractivity contribution is 7.22. The zero-order valence-corrected chi connectivity index (χ0v) is 25.1. The number of nitrogens with one attached hydrogen (secondary N) is 1. The highest BCUT2D eigenvalue weighted by Gasteiger charge is 2.43. The molecule has 2 saturated carbocycles. The highest BCUT2D eigenvalue weighted by Crippen LogP contribution is 2.48. The van der Waals surface area contributed by atoms with Crippen LogP contribution in [-0.4, -0.2) is 41.3 Å². The second kappa shape index (κ2) is 10.6. The summed E-state index contributed by atoms with van der Waals surface area (Å²) in [7, 11) is 1.41. The number of methoxy groups -OCH3 is 1. The van der Waals surface area contributed by atoms with Crippen LogP contribution in [0.4, 0.5) is 18.3 Å². The van der Waals surface area contributed by atoms with Gasteiger partial charge >= 0.3 is 12.1 Å². The predicted molar refractivity (Wildman–Crippen MR) is 161 cm³/mol. The van der Waals surface area contributed by atoms with Crippen molar-refractivity contribution < 1.29 is 27.2 Å². The molecule has 4 aliphatic rings. The number of benzene rings is 2. The summed E-state index contributed by atoms with van der Waals surface area (Å²) in [5, 5.41) is 8.89. The third kappa shape index (κ3) is 4.98. The molecule has 2 saturated heterocycles. The number of thiazole rings is 1. The van der Waals surface area contributed by atoms with E-state index in [4.69, 9.17) is 14.2 Å². The van der Waals surface area contributed by atoms with Crippen LogP contribution in [0.5, 0.6) is 0 Å². The van der Waals surface area contributed by atoms with E-state index >= 15 is 0 Å². The van der Waals surface area contributed by atoms with Gasteiger partial charge in [0.15, 0.2) is 5.13 Å². The van der Waals surface area contributed by atoms with Gasteiger partial charge in [-0.25, -0.2) is 9.78 Å². The first-order valence-corrected chi connectivity index (χ1v) is 16.3. The van der Waals surface area contributed by atoms with Gasteiger partial charge in [0.05, 0.1) is 28.5 Å². The third-order valence-corrected chi connectivity index (χ3v) is 10.7. The van der Waals surface area contributed by atoms with Crippen LogP contribution in [0.15, 0.2) is 40.9 Å². The van der Waals surface area contributed by atoms with Crippen molar-refractivity contribution in [3.05, 3.63) is 64.4 Å². The number of ether oxygens (including phenoxy) is 1. The summed E-state index contributed by atoms with van der Waals surface area (Å²) in [5.41, 5.74) is 3.16. The molecule has 2 aromatic heterocycles. The van der Waals surface area contributed by atoms with Crippen molar-refractivity contribution >= 4 is 32.7 Å². The fourth-order valence-corrected chi connectivity index (χ4v) is 8.49. The molecule has 4 fully saturated rings. The van der Waals surface area contributed by atoms with E-state index in [0.29, 0.717) is 35.8 Å². The number of piperidine rings is 1. The first-order valence-electron chi connectivity index (χ1n) is 15.5. The Hall–Kier alpha value is -3.44. The molecule has 2 unspecified atom stereocenters. The molecule has 2 atom stereocenters. The minimum absolute atomic E-state index is 0.0686. The SMILES string of the molecule is COC(=O)c1cc(C2CC2)c2nc(N3C4CCC3CC(NCc3c(-c5ccccc5C(F)(F)F)noc3C3CC3)C4)sc2c1. The average Bonchev–Trinajstić information content (AvgIpc) is 3.94. The lowest BCUT2D eigenvalue weighted by Crippen LogP contribution is -2.49. The molecule has 2 bridgehead atoms. The van der Waals surface area contributed by atoms with E-state index < -0.39 is 11.7 Å². The van der Waals surface area contributed by atoms with Gasteiger partial charge in [-0.05, 0) is 81.0 Å². The van der Waals surface area contributed by atoms with Crippen molar-refractivity contribution in [2.24, 2.45) is 0 Å². The zero-order valence-electron chi connectivity index (χ0n) is 24.3. The summed E-state index contributed by atoms with van der Waals surface area (Å²) in [6.07, 6.45) is 3.70. The summed E-state index contributed by atoms with van der Waals surface area (Å²) in [6, 6.07) is 10.4. The molecule has 0 radical (unpaired) electrons. The second-order valence-corrected chi connectivity index (χ2v) is 13.7. The molecule has 8 rings (SSSR count). The average molecular weight is 623 g/mol. The lowest BCUT2D eigenvalue weighted by molar-refractivity contribution is -0.137. The fourth-order valence-electron chi connectivity index (χ4n) is 7.31. The van der Waals surface area contributed by atoms with Gasteiger partial charge in [0.25, 0.3) is 0 Å². The highest BCUT2D eigenvalue weighted by atomic mass is 32.1. The van der Waals surface area contributed by atoms with Gasteiger partial charge in [-0.15, -0.1) is 0 Å². The van der Waals surface area contributed by atoms with Crippen LogP contribution in [0.2, 0.25) is 0 Å². The number of esters is 1. The summed E-state index contributed by atoms with van der Waals surface area (Å²) >= 11 is 1.65. The molecule has 0 amide bonds. The van der Waals surface area contributed by atoms with Gasteiger partial charge in [0, 0.05) is 41.7 Å². The number of alkyl halides is 3. The Labute approximate surface area is 256 Å². The molecule has 230 valence electrons. The Morgan fingerprint density at radius 3 is 2.48 bits per heavy atom. The summed E-state index contributed by atoms with van der Waals surface area (Å²) in [5.74, 6) is 1.08. The first kappa shape index (κ1) is 28.1. The van der Waals surface area contributed by atoms with E-state index in [0.717, 1.165) is 89.7 Å². The smallest absolute Gasteiger partial charge is 0.417 e. The largest absolute Gasteiger partial charge is 0.465 e. The maximum absolute atomic E-state index is 13.9. The fraction of sp³-hybridized carbons (Fsp3) is 0.485. The maximum Gasteiger partial charge on any atom is 0.417 e. The molecule has 11 heteroatoms. The number of hydrogen-bond donors (Lipinski definition) is 1. The van der Waals surface area contributed by atoms with Crippen LogP contribution in [0.1, 0.15) is 96.0 Å². The molecule has 4 heterocycles. The molecular formula is C33H33F3N4O3S. The van der Waals surface area contributed by atoms with Crippen molar-refractivity contribution in [2.75, 3.05) is 12.0 Å². The predicted octanol–water partition coefficient (Wildman–Crippen LogP) is 7.80. The number of rotatable bonds is 8. The monoisotopic (exact) mass is 622 g/mol. The van der Waals surface area contributed by atoms with E-state index in [9.17, 15) is 18.0 Å². The van der Waals surface area contributed by atoms with Crippen molar-refractivity contribution in [2.45, 2.75) is 94.0 Å². The van der Waals surface area contributed by atoms with Crippen LogP contribution in [0, 0.1) is 0 Å². The number of anilines is 1. The lowest BCUT2D eigenvalue weighted by atomic mass is 9.96. The van der Waals surface area contributed by atoms with Crippen LogP contribution in [-0.2, 0) is 17.5 Å². The Bertz CT molecular complexity index is 1730. The molecule has 0 spiro atoms. The molecule has 2 aromatic carbocycles. The van der Waals surface area contributed by atoms with E-state index in [2.05, 4.69) is 15.4 Å². The van der Waals surface area contributed by atoms with Crippen molar-refractivity contribution in [3.8, 4) is 11.3 Å². The van der Waals surface area contributed by atoms with Crippen LogP contribution in [0.25, 0.3) is 21.5 Å². The van der Waals surface area contributed by atoms with Crippen LogP contribution >= 0.6 is 11.3 Å². The lowest BCUT2D eigenvalue weighted by Gasteiger charge is -2.39. The van der Waals surface area contributed by atoms with Crippen LogP contribution in [0.3, 0.4) is 0 Å². The quantitative estimate of drug-likeness (QED) is 0.201. The summed E-state index contributed by atoms with van der Waals surface area (Å²) in [6.45, 7) is 0.420. The topological polar surface area (TPSA) is 80.5 Å². The van der Waals surface area contributed by atoms with Gasteiger partial charge in [-0.2, -0.15) is 13.2 Å². The molecular weight excluding hydrogens is 589 g/mol. The molecule has 2 aliphatic carbocycles. The van der Waals surface area contributed by atoms with Crippen molar-refractivity contribution in [1.29, 1.82) is 0 Å². The molecule has 4 aromatic rings. The number of hydrogen-bond acceptors (Lipinski definition) is 8. The number of aromatic nitrogens is 2. The van der Waals surface area contributed by atoms with E-state index in [1.165, 1.54) is 19.2 Å². The Morgan fingerprint density at radius 1 is 1.07 bits per heavy atom. The number of carbonyl (C=O) groups excluding carboxylic acids is 1. The van der Waals surface area contributed by atoms with Gasteiger partial charge < -0.3 is 19.5 Å². The number of nitrogens with zero attached hydrogens (tertiary/aromatic N) is 3. The molecule has 7 nitrogen and oxygen atoms in total. The van der Waals surface area contributed by atoms with Crippen LogP contribution < -0.4 is 10.2 Å². The van der Waals surface area contributed by atoms with E-state index in [1.54, 1.807) is 17.4 Å². The van der Waals surface area contributed by atoms with Gasteiger partial charge in [0.2, 0.25) is 0 Å². The minimum Gasteiger partial charge on any atom is -0.465 e. The first-order chi connectivity index (χ1) is 21.3. The Morgan fingerprint density at radius 2 is 1.80 bits per heavy atom. The van der Waals surface area contributed by atoms with Gasteiger partial charge in [-0.3, -0.25) is 0 Å². The zero-order chi connectivity index (χ0) is 30.2. The number of halogens is 3. The molecule has 2 aliphatic heterocycles. The normalized spacial score (nSPS) is 23.5. The van der Waals surface area contributed by atoms with Crippen molar-refractivity contribution in [3.63, 3.8) is 0 Å². The summed E-state index contributed by atoms with van der Waals surface area (Å²) < 4.78 is 53.4. The Balaban J connectivity index is 1.03. The Kier molecular flexibility index (Phi) is 6.75. The third-order valence-electron chi connectivity index (χ3n) is 9.73. The van der Waals surface area contributed by atoms with Gasteiger partial charge in [0.1, 0.15) is 11.5 Å².